The molecular weight excluding hydrogens is 330 g/mol. The van der Waals surface area contributed by atoms with E-state index in [1.165, 1.54) is 0 Å². The van der Waals surface area contributed by atoms with Crippen LogP contribution in [0.25, 0.3) is 22.6 Å². The summed E-state index contributed by atoms with van der Waals surface area (Å²) in [4.78, 5) is 17.4. The number of nitrogens with zero attached hydrogens (tertiary/aromatic N) is 2. The van der Waals surface area contributed by atoms with Gasteiger partial charge in [0.2, 0.25) is 0 Å². The first kappa shape index (κ1) is 16.1. The largest absolute Gasteiger partial charge is 0.463 e. The van der Waals surface area contributed by atoms with Gasteiger partial charge >= 0.3 is 0 Å². The molecule has 0 aliphatic rings. The lowest BCUT2D eigenvalue weighted by atomic mass is 10.1. The second kappa shape index (κ2) is 6.15. The van der Waals surface area contributed by atoms with Crippen LogP contribution in [-0.2, 0) is 0 Å². The number of pyridine rings is 1. The van der Waals surface area contributed by atoms with Gasteiger partial charge in [-0.15, -0.1) is 0 Å². The number of hydrogen-bond donors (Lipinski definition) is 1. The number of amides is 1. The van der Waals surface area contributed by atoms with E-state index in [4.69, 9.17) is 8.94 Å². The van der Waals surface area contributed by atoms with Crippen molar-refractivity contribution in [3.8, 4) is 11.5 Å². The van der Waals surface area contributed by atoms with Gasteiger partial charge in [-0.2, -0.15) is 0 Å². The molecule has 0 atom stereocenters. The van der Waals surface area contributed by atoms with Crippen molar-refractivity contribution in [2.75, 3.05) is 5.32 Å². The molecule has 4 aromatic rings. The Kier molecular flexibility index (Phi) is 3.80. The fourth-order valence-electron chi connectivity index (χ4n) is 2.97. The molecule has 4 rings (SSSR count). The van der Waals surface area contributed by atoms with E-state index in [2.05, 4.69) is 15.5 Å². The molecule has 3 heterocycles. The molecule has 6 heteroatoms. The van der Waals surface area contributed by atoms with Crippen LogP contribution in [0.4, 0.5) is 5.69 Å². The molecule has 0 aliphatic carbocycles. The predicted octanol–water partition coefficient (Wildman–Crippen LogP) is 4.66. The third kappa shape index (κ3) is 2.75. The highest BCUT2D eigenvalue weighted by Gasteiger charge is 2.20. The van der Waals surface area contributed by atoms with Crippen molar-refractivity contribution in [3.63, 3.8) is 0 Å². The number of carbonyl (C=O) groups is 1. The molecule has 0 aliphatic heterocycles. The average Bonchev–Trinajstić information content (AvgIpc) is 3.27. The summed E-state index contributed by atoms with van der Waals surface area (Å²) in [6.45, 7) is 5.76. The maximum atomic E-state index is 13.0. The van der Waals surface area contributed by atoms with Crippen molar-refractivity contribution in [1.82, 2.24) is 10.1 Å². The van der Waals surface area contributed by atoms with Gasteiger partial charge < -0.3 is 14.3 Å². The Morgan fingerprint density at radius 3 is 2.69 bits per heavy atom. The second-order valence-corrected chi connectivity index (χ2v) is 6.25. The van der Waals surface area contributed by atoms with Crippen molar-refractivity contribution in [2.24, 2.45) is 0 Å². The lowest BCUT2D eigenvalue weighted by molar-refractivity contribution is 0.102. The van der Waals surface area contributed by atoms with E-state index < -0.39 is 0 Å². The summed E-state index contributed by atoms with van der Waals surface area (Å²) in [5.74, 6) is 0.310. The Hall–Kier alpha value is -3.41. The number of aromatic nitrogens is 2. The first-order chi connectivity index (χ1) is 12.5. The molecule has 6 nitrogen and oxygen atoms in total. The van der Waals surface area contributed by atoms with Crippen LogP contribution < -0.4 is 5.32 Å². The van der Waals surface area contributed by atoms with Crippen LogP contribution in [0.5, 0.6) is 0 Å². The second-order valence-electron chi connectivity index (χ2n) is 6.25. The highest BCUT2D eigenvalue weighted by atomic mass is 16.5. The molecule has 0 saturated carbocycles. The van der Waals surface area contributed by atoms with E-state index in [0.29, 0.717) is 33.8 Å². The number of hydrogen-bond acceptors (Lipinski definition) is 5. The molecule has 0 unspecified atom stereocenters. The summed E-state index contributed by atoms with van der Waals surface area (Å²) < 4.78 is 10.7. The van der Waals surface area contributed by atoms with Gasteiger partial charge in [0.15, 0.2) is 5.76 Å². The van der Waals surface area contributed by atoms with Gasteiger partial charge in [0.25, 0.3) is 11.6 Å². The summed E-state index contributed by atoms with van der Waals surface area (Å²) in [6.07, 6.45) is 1.56. The first-order valence-corrected chi connectivity index (χ1v) is 8.22. The molecule has 26 heavy (non-hydrogen) atoms. The number of benzene rings is 1. The first-order valence-electron chi connectivity index (χ1n) is 8.22. The van der Waals surface area contributed by atoms with Gasteiger partial charge in [-0.25, -0.2) is 4.98 Å². The molecule has 0 bridgehead atoms. The van der Waals surface area contributed by atoms with Crippen LogP contribution in [-0.4, -0.2) is 16.0 Å². The van der Waals surface area contributed by atoms with Crippen LogP contribution in [0.2, 0.25) is 0 Å². The van der Waals surface area contributed by atoms with Gasteiger partial charge in [0.1, 0.15) is 5.69 Å². The summed E-state index contributed by atoms with van der Waals surface area (Å²) >= 11 is 0. The SMILES string of the molecule is Cc1ccc(NC(=O)c2cc(-c3ccco3)nc3onc(C)c23)c(C)c1. The molecular formula is C20H17N3O3. The van der Waals surface area contributed by atoms with Crippen LogP contribution in [0.3, 0.4) is 0 Å². The van der Waals surface area contributed by atoms with Crippen molar-refractivity contribution < 1.29 is 13.7 Å². The fraction of sp³-hybridized carbons (Fsp3) is 0.150. The number of anilines is 1. The third-order valence-electron chi connectivity index (χ3n) is 4.27. The molecule has 1 amide bonds. The van der Waals surface area contributed by atoms with Crippen LogP contribution in [0, 0.1) is 20.8 Å². The summed E-state index contributed by atoms with van der Waals surface area (Å²) in [6, 6.07) is 11.1. The van der Waals surface area contributed by atoms with Crippen molar-refractivity contribution in [3.05, 3.63) is 65.0 Å². The van der Waals surface area contributed by atoms with E-state index in [9.17, 15) is 4.79 Å². The Balaban J connectivity index is 1.81. The minimum absolute atomic E-state index is 0.247. The van der Waals surface area contributed by atoms with Crippen LogP contribution in [0.1, 0.15) is 27.2 Å². The zero-order chi connectivity index (χ0) is 18.3. The number of nitrogens with one attached hydrogen (secondary N) is 1. The number of fused-ring (bicyclic) bond motifs is 1. The van der Waals surface area contributed by atoms with E-state index in [1.807, 2.05) is 32.0 Å². The molecule has 0 saturated heterocycles. The van der Waals surface area contributed by atoms with Crippen molar-refractivity contribution in [2.45, 2.75) is 20.8 Å². The quantitative estimate of drug-likeness (QED) is 0.583. The normalized spacial score (nSPS) is 11.0. The van der Waals surface area contributed by atoms with Crippen LogP contribution in [0.15, 0.2) is 51.6 Å². The fourth-order valence-corrected chi connectivity index (χ4v) is 2.97. The van der Waals surface area contributed by atoms with E-state index in [-0.39, 0.29) is 5.91 Å². The average molecular weight is 347 g/mol. The molecule has 3 aromatic heterocycles. The third-order valence-corrected chi connectivity index (χ3v) is 4.27. The Morgan fingerprint density at radius 1 is 1.12 bits per heavy atom. The minimum Gasteiger partial charge on any atom is -0.463 e. The van der Waals surface area contributed by atoms with E-state index >= 15 is 0 Å². The lowest BCUT2D eigenvalue weighted by Gasteiger charge is -2.10. The molecule has 1 aromatic carbocycles. The number of furan rings is 1. The lowest BCUT2D eigenvalue weighted by Crippen LogP contribution is -2.14. The topological polar surface area (TPSA) is 81.2 Å². The number of aryl methyl sites for hydroxylation is 3. The molecule has 0 spiro atoms. The van der Waals surface area contributed by atoms with Gasteiger partial charge in [0.05, 0.1) is 22.9 Å². The predicted molar refractivity (Wildman–Crippen MR) is 98.1 cm³/mol. The summed E-state index contributed by atoms with van der Waals surface area (Å²) in [5.41, 5.74) is 4.79. The molecule has 130 valence electrons. The Morgan fingerprint density at radius 2 is 1.96 bits per heavy atom. The summed E-state index contributed by atoms with van der Waals surface area (Å²) in [7, 11) is 0. The maximum Gasteiger partial charge on any atom is 0.259 e. The summed E-state index contributed by atoms with van der Waals surface area (Å²) in [5, 5.41) is 7.52. The minimum atomic E-state index is -0.247. The van der Waals surface area contributed by atoms with Crippen molar-refractivity contribution in [1.29, 1.82) is 0 Å². The Bertz CT molecular complexity index is 1110. The monoisotopic (exact) mass is 347 g/mol. The number of rotatable bonds is 3. The number of carbonyl (C=O) groups excluding carboxylic acids is 1. The zero-order valence-electron chi connectivity index (χ0n) is 14.7. The zero-order valence-corrected chi connectivity index (χ0v) is 14.7. The molecule has 0 fully saturated rings. The smallest absolute Gasteiger partial charge is 0.259 e. The van der Waals surface area contributed by atoms with Crippen molar-refractivity contribution >= 4 is 22.7 Å². The van der Waals surface area contributed by atoms with Crippen LogP contribution >= 0.6 is 0 Å². The highest BCUT2D eigenvalue weighted by Crippen LogP contribution is 2.28. The highest BCUT2D eigenvalue weighted by molar-refractivity contribution is 6.13. The van der Waals surface area contributed by atoms with Gasteiger partial charge in [0, 0.05) is 5.69 Å². The standard InChI is InChI=1S/C20H17N3O3/c1-11-6-7-15(12(2)9-11)21-19(24)14-10-16(17-5-4-8-25-17)22-20-18(14)13(3)23-26-20/h4-10H,1-3H3,(H,21,24). The van der Waals surface area contributed by atoms with Gasteiger partial charge in [-0.05, 0) is 50.6 Å². The Labute approximate surface area is 149 Å². The van der Waals surface area contributed by atoms with E-state index in [1.54, 1.807) is 31.4 Å². The van der Waals surface area contributed by atoms with Gasteiger partial charge in [-0.1, -0.05) is 22.9 Å². The van der Waals surface area contributed by atoms with Gasteiger partial charge in [-0.3, -0.25) is 4.79 Å². The molecule has 1 N–H and O–H groups in total. The molecule has 0 radical (unpaired) electrons. The van der Waals surface area contributed by atoms with E-state index in [0.717, 1.165) is 16.8 Å². The maximum absolute atomic E-state index is 13.0.